The van der Waals surface area contributed by atoms with E-state index in [1.807, 2.05) is 37.3 Å². The van der Waals surface area contributed by atoms with Gasteiger partial charge in [0, 0.05) is 18.0 Å². The third-order valence-corrected chi connectivity index (χ3v) is 9.00. The van der Waals surface area contributed by atoms with Crippen LogP contribution in [0.1, 0.15) is 44.6 Å². The topological polar surface area (TPSA) is 86.8 Å². The quantitative estimate of drug-likeness (QED) is 0.325. The molecule has 1 atom stereocenters. The second-order valence-electron chi connectivity index (χ2n) is 9.95. The van der Waals surface area contributed by atoms with Gasteiger partial charge in [-0.1, -0.05) is 85.4 Å². The van der Waals surface area contributed by atoms with Crippen molar-refractivity contribution in [3.8, 4) is 0 Å². The molecule has 10 heteroatoms. The van der Waals surface area contributed by atoms with E-state index in [-0.39, 0.29) is 18.5 Å². The number of halogens is 2. The van der Waals surface area contributed by atoms with Gasteiger partial charge in [0.2, 0.25) is 21.8 Å². The third kappa shape index (κ3) is 7.04. The second-order valence-corrected chi connectivity index (χ2v) is 12.7. The monoisotopic (exact) mass is 589 g/mol. The average Bonchev–Trinajstić information content (AvgIpc) is 3.41. The molecule has 4 rings (SSSR count). The lowest BCUT2D eigenvalue weighted by Gasteiger charge is -2.33. The summed E-state index contributed by atoms with van der Waals surface area (Å²) in [7, 11) is -3.85. The zero-order valence-corrected chi connectivity index (χ0v) is 24.4. The fourth-order valence-electron chi connectivity index (χ4n) is 5.14. The van der Waals surface area contributed by atoms with Crippen LogP contribution in [-0.4, -0.2) is 50.0 Å². The van der Waals surface area contributed by atoms with Crippen LogP contribution >= 0.6 is 23.2 Å². The summed E-state index contributed by atoms with van der Waals surface area (Å²) in [6.07, 6.45) is 5.37. The Hall–Kier alpha value is -2.81. The summed E-state index contributed by atoms with van der Waals surface area (Å²) >= 11 is 12.3. The van der Waals surface area contributed by atoms with E-state index in [0.29, 0.717) is 33.1 Å². The fraction of sp³-hybridized carbons (Fsp3) is 0.379. The molecule has 208 valence electrons. The molecule has 0 aromatic heterocycles. The highest BCUT2D eigenvalue weighted by molar-refractivity contribution is 7.92. The third-order valence-electron chi connectivity index (χ3n) is 7.14. The zero-order valence-electron chi connectivity index (χ0n) is 22.1. The number of hydrogen-bond acceptors (Lipinski definition) is 4. The van der Waals surface area contributed by atoms with Crippen molar-refractivity contribution in [3.05, 3.63) is 76.3 Å². The molecule has 0 aliphatic heterocycles. The van der Waals surface area contributed by atoms with Gasteiger partial charge >= 0.3 is 0 Å². The van der Waals surface area contributed by atoms with Crippen molar-refractivity contribution >= 4 is 61.5 Å². The number of nitrogens with one attached hydrogen (secondary N) is 1. The van der Waals surface area contributed by atoms with Crippen LogP contribution in [0.4, 0.5) is 5.69 Å². The van der Waals surface area contributed by atoms with E-state index in [1.54, 1.807) is 30.3 Å². The number of nitrogens with zero attached hydrogens (tertiary/aromatic N) is 2. The Morgan fingerprint density at radius 2 is 1.69 bits per heavy atom. The van der Waals surface area contributed by atoms with Crippen molar-refractivity contribution in [1.29, 1.82) is 0 Å². The van der Waals surface area contributed by atoms with E-state index in [0.717, 1.165) is 41.6 Å². The van der Waals surface area contributed by atoms with Gasteiger partial charge in [-0.05, 0) is 48.4 Å². The summed E-state index contributed by atoms with van der Waals surface area (Å²) in [5.74, 6) is -0.735. The molecule has 0 saturated heterocycles. The summed E-state index contributed by atoms with van der Waals surface area (Å²) in [6, 6.07) is 17.1. The van der Waals surface area contributed by atoms with Crippen LogP contribution in [0.3, 0.4) is 0 Å². The predicted molar refractivity (Wildman–Crippen MR) is 158 cm³/mol. The molecule has 1 unspecified atom stereocenters. The summed E-state index contributed by atoms with van der Waals surface area (Å²) < 4.78 is 27.2. The number of amides is 2. The van der Waals surface area contributed by atoms with Crippen LogP contribution in [-0.2, 0) is 26.2 Å². The number of hydrogen-bond donors (Lipinski definition) is 1. The fourth-order valence-corrected chi connectivity index (χ4v) is 6.32. The Balaban J connectivity index is 1.70. The summed E-state index contributed by atoms with van der Waals surface area (Å²) in [5, 5.41) is 5.37. The summed E-state index contributed by atoms with van der Waals surface area (Å²) in [6.45, 7) is 1.45. The maximum Gasteiger partial charge on any atom is 0.244 e. The molecule has 0 bridgehead atoms. The van der Waals surface area contributed by atoms with Gasteiger partial charge < -0.3 is 10.2 Å². The summed E-state index contributed by atoms with van der Waals surface area (Å²) in [4.78, 5) is 28.9. The Kier molecular flexibility index (Phi) is 9.41. The molecule has 1 saturated carbocycles. The van der Waals surface area contributed by atoms with Crippen LogP contribution in [0.5, 0.6) is 0 Å². The van der Waals surface area contributed by atoms with Gasteiger partial charge in [0.05, 0.1) is 22.0 Å². The van der Waals surface area contributed by atoms with E-state index in [9.17, 15) is 18.0 Å². The number of anilines is 1. The number of rotatable bonds is 10. The molecular weight excluding hydrogens is 557 g/mol. The van der Waals surface area contributed by atoms with E-state index in [2.05, 4.69) is 5.32 Å². The first-order valence-electron chi connectivity index (χ1n) is 13.1. The number of sulfonamides is 1. The highest BCUT2D eigenvalue weighted by Crippen LogP contribution is 2.29. The molecular formula is C29H33Cl2N3O4S. The van der Waals surface area contributed by atoms with Gasteiger partial charge in [0.1, 0.15) is 12.6 Å². The first-order valence-corrected chi connectivity index (χ1v) is 15.7. The van der Waals surface area contributed by atoms with Crippen LogP contribution in [0.25, 0.3) is 10.8 Å². The Morgan fingerprint density at radius 3 is 2.36 bits per heavy atom. The maximum atomic E-state index is 14.0. The minimum Gasteiger partial charge on any atom is -0.352 e. The maximum absolute atomic E-state index is 14.0. The van der Waals surface area contributed by atoms with Crippen LogP contribution in [0, 0.1) is 0 Å². The van der Waals surface area contributed by atoms with Gasteiger partial charge in [-0.25, -0.2) is 8.42 Å². The van der Waals surface area contributed by atoms with E-state index >= 15 is 0 Å². The number of carbonyl (C=O) groups excluding carboxylic acids is 2. The van der Waals surface area contributed by atoms with E-state index in [4.69, 9.17) is 23.2 Å². The van der Waals surface area contributed by atoms with Gasteiger partial charge in [0.25, 0.3) is 0 Å². The molecule has 0 radical (unpaired) electrons. The zero-order chi connectivity index (χ0) is 28.2. The van der Waals surface area contributed by atoms with Gasteiger partial charge in [0.15, 0.2) is 0 Å². The lowest BCUT2D eigenvalue weighted by molar-refractivity contribution is -0.140. The van der Waals surface area contributed by atoms with E-state index < -0.39 is 28.5 Å². The molecule has 3 aromatic carbocycles. The van der Waals surface area contributed by atoms with Crippen molar-refractivity contribution in [2.24, 2.45) is 0 Å². The van der Waals surface area contributed by atoms with Crippen molar-refractivity contribution < 1.29 is 18.0 Å². The van der Waals surface area contributed by atoms with Crippen molar-refractivity contribution in [3.63, 3.8) is 0 Å². The Labute approximate surface area is 240 Å². The molecule has 1 fully saturated rings. The predicted octanol–water partition coefficient (Wildman–Crippen LogP) is 5.78. The normalized spacial score (nSPS) is 14.8. The molecule has 1 N–H and O–H groups in total. The molecule has 1 aliphatic rings. The molecule has 2 amide bonds. The minimum absolute atomic E-state index is 0.0689. The SMILES string of the molecule is CCC(C(=O)NC1CCCC1)N(Cc1ccc(Cl)c(Cl)c1)C(=O)CN(c1cccc2ccccc12)S(C)(=O)=O. The first kappa shape index (κ1) is 29.2. The highest BCUT2D eigenvalue weighted by atomic mass is 35.5. The van der Waals surface area contributed by atoms with Crippen molar-refractivity contribution in [2.75, 3.05) is 17.1 Å². The number of benzene rings is 3. The average molecular weight is 591 g/mol. The Bertz CT molecular complexity index is 1450. The molecule has 39 heavy (non-hydrogen) atoms. The molecule has 3 aromatic rings. The largest absolute Gasteiger partial charge is 0.352 e. The van der Waals surface area contributed by atoms with E-state index in [1.165, 1.54) is 4.90 Å². The molecule has 1 aliphatic carbocycles. The van der Waals surface area contributed by atoms with Crippen molar-refractivity contribution in [2.45, 2.75) is 57.7 Å². The molecule has 0 spiro atoms. The first-order chi connectivity index (χ1) is 18.6. The standard InChI is InChI=1S/C29H33Cl2N3O4S/c1-3-26(29(36)32-22-11-5-6-12-22)33(18-20-15-16-24(30)25(31)17-20)28(35)19-34(39(2,37)38)27-14-8-10-21-9-4-7-13-23(21)27/h4,7-10,13-17,22,26H,3,5-6,11-12,18-19H2,1-2H3,(H,32,36). The van der Waals surface area contributed by atoms with Crippen LogP contribution < -0.4 is 9.62 Å². The lowest BCUT2D eigenvalue weighted by Crippen LogP contribution is -2.53. The minimum atomic E-state index is -3.85. The highest BCUT2D eigenvalue weighted by Gasteiger charge is 2.33. The number of fused-ring (bicyclic) bond motifs is 1. The number of carbonyl (C=O) groups is 2. The smallest absolute Gasteiger partial charge is 0.244 e. The van der Waals surface area contributed by atoms with Crippen molar-refractivity contribution in [1.82, 2.24) is 10.2 Å². The lowest BCUT2D eigenvalue weighted by atomic mass is 10.1. The van der Waals surface area contributed by atoms with Gasteiger partial charge in [-0.2, -0.15) is 0 Å². The molecule has 0 heterocycles. The van der Waals surface area contributed by atoms with Crippen LogP contribution in [0.2, 0.25) is 10.0 Å². The molecule has 7 nitrogen and oxygen atoms in total. The second kappa shape index (κ2) is 12.6. The Morgan fingerprint density at radius 1 is 1.00 bits per heavy atom. The van der Waals surface area contributed by atoms with Crippen LogP contribution in [0.15, 0.2) is 60.7 Å². The van der Waals surface area contributed by atoms with Gasteiger partial charge in [-0.3, -0.25) is 13.9 Å². The van der Waals surface area contributed by atoms with Gasteiger partial charge in [-0.15, -0.1) is 0 Å². The summed E-state index contributed by atoms with van der Waals surface area (Å²) in [5.41, 5.74) is 1.09.